The lowest BCUT2D eigenvalue weighted by Gasteiger charge is -2.44. The van der Waals surface area contributed by atoms with Gasteiger partial charge in [0.15, 0.2) is 6.10 Å². The number of rotatable bonds is 8. The molecule has 2 atom stereocenters. The van der Waals surface area contributed by atoms with E-state index in [1.165, 1.54) is 25.0 Å². The lowest BCUT2D eigenvalue weighted by atomic mass is 9.94. The predicted octanol–water partition coefficient (Wildman–Crippen LogP) is 1.19. The average molecular weight is 431 g/mol. The van der Waals surface area contributed by atoms with E-state index in [-0.39, 0.29) is 5.76 Å². The number of hydrogen-bond acceptors (Lipinski definition) is 8. The third kappa shape index (κ3) is 5.33. The van der Waals surface area contributed by atoms with E-state index < -0.39 is 38.3 Å². The minimum atomic E-state index is -3.90. The zero-order valence-corrected chi connectivity index (χ0v) is 17.4. The van der Waals surface area contributed by atoms with Crippen LogP contribution in [0.2, 0.25) is 0 Å². The number of carbonyl (C=O) groups is 1. The van der Waals surface area contributed by atoms with Gasteiger partial charge in [0.2, 0.25) is 0 Å². The van der Waals surface area contributed by atoms with Crippen molar-refractivity contribution in [3.8, 4) is 5.75 Å². The van der Waals surface area contributed by atoms with Crippen molar-refractivity contribution in [3.63, 3.8) is 0 Å². The van der Waals surface area contributed by atoms with Crippen LogP contribution in [0.1, 0.15) is 6.92 Å². The summed E-state index contributed by atoms with van der Waals surface area (Å²) in [5, 5.41) is 0. The van der Waals surface area contributed by atoms with Gasteiger partial charge >= 0.3 is 10.1 Å². The fraction of sp³-hybridized carbons (Fsp3) is 0.353. The molecule has 0 spiro atoms. The Balaban J connectivity index is 2.37. The van der Waals surface area contributed by atoms with Gasteiger partial charge in [-0.15, -0.1) is 0 Å². The second-order valence-corrected chi connectivity index (χ2v) is 9.35. The highest BCUT2D eigenvalue weighted by atomic mass is 32.2. The molecule has 0 saturated carbocycles. The molecule has 0 aromatic heterocycles. The van der Waals surface area contributed by atoms with Crippen LogP contribution in [0.4, 0.5) is 5.69 Å². The lowest BCUT2D eigenvalue weighted by Crippen LogP contribution is -2.65. The number of nitrogens with zero attached hydrogens (tertiary/aromatic N) is 1. The molecule has 1 heterocycles. The van der Waals surface area contributed by atoms with Crippen LogP contribution in [-0.2, 0) is 33.4 Å². The highest BCUT2D eigenvalue weighted by molar-refractivity contribution is 7.86. The molecular formula is C17H21NO8S2. The summed E-state index contributed by atoms with van der Waals surface area (Å²) < 4.78 is 60.3. The molecule has 0 aliphatic carbocycles. The fourth-order valence-electron chi connectivity index (χ4n) is 2.57. The molecule has 1 fully saturated rings. The fourth-order valence-corrected chi connectivity index (χ4v) is 3.64. The molecule has 0 unspecified atom stereocenters. The molecule has 11 heteroatoms. The molecular weight excluding hydrogens is 410 g/mol. The van der Waals surface area contributed by atoms with Gasteiger partial charge in [0, 0.05) is 5.69 Å². The highest BCUT2D eigenvalue weighted by Crippen LogP contribution is 2.34. The summed E-state index contributed by atoms with van der Waals surface area (Å²) in [6.07, 6.45) is 1.90. The number of carbonyl (C=O) groups excluding carboxylic acids is 1. The monoisotopic (exact) mass is 431 g/mol. The van der Waals surface area contributed by atoms with Gasteiger partial charge in [0.05, 0.1) is 25.7 Å². The van der Waals surface area contributed by atoms with E-state index in [1.807, 2.05) is 0 Å². The number of amides is 1. The Labute approximate surface area is 164 Å². The SMILES string of the molecule is C=C(OS(C)(=O)=O)/C(C)=C/[C@H]1[C@@H](OS(C)(=O)=O)C(=O)N1c1ccc(OC)cc1. The van der Waals surface area contributed by atoms with Gasteiger partial charge in [-0.3, -0.25) is 13.9 Å². The highest BCUT2D eigenvalue weighted by Gasteiger charge is 2.50. The van der Waals surface area contributed by atoms with E-state index in [9.17, 15) is 21.6 Å². The molecule has 0 radical (unpaired) electrons. The summed E-state index contributed by atoms with van der Waals surface area (Å²) in [6.45, 7) is 5.07. The average Bonchev–Trinajstić information content (AvgIpc) is 2.57. The number of hydrogen-bond donors (Lipinski definition) is 0. The Kier molecular flexibility index (Phi) is 6.21. The third-order valence-corrected chi connectivity index (χ3v) is 4.89. The maximum Gasteiger partial charge on any atom is 0.306 e. The summed E-state index contributed by atoms with van der Waals surface area (Å²) in [5.41, 5.74) is 0.798. The quantitative estimate of drug-likeness (QED) is 0.261. The van der Waals surface area contributed by atoms with Gasteiger partial charge < -0.3 is 8.92 Å². The minimum absolute atomic E-state index is 0.144. The van der Waals surface area contributed by atoms with Crippen LogP contribution in [0.3, 0.4) is 0 Å². The van der Waals surface area contributed by atoms with Crippen LogP contribution in [0.15, 0.2) is 48.3 Å². The number of benzene rings is 1. The van der Waals surface area contributed by atoms with Crippen molar-refractivity contribution >= 4 is 31.8 Å². The summed E-state index contributed by atoms with van der Waals surface area (Å²) in [5.74, 6) is -0.118. The molecule has 1 aliphatic heterocycles. The molecule has 0 bridgehead atoms. The normalized spacial score (nSPS) is 20.5. The van der Waals surface area contributed by atoms with Crippen molar-refractivity contribution in [3.05, 3.63) is 48.3 Å². The van der Waals surface area contributed by atoms with Gasteiger partial charge in [-0.05, 0) is 36.8 Å². The maximum atomic E-state index is 12.5. The van der Waals surface area contributed by atoms with Crippen molar-refractivity contribution < 1.29 is 34.7 Å². The first-order valence-corrected chi connectivity index (χ1v) is 11.6. The van der Waals surface area contributed by atoms with Crippen LogP contribution in [0.5, 0.6) is 5.75 Å². The van der Waals surface area contributed by atoms with Gasteiger partial charge in [-0.1, -0.05) is 12.7 Å². The molecule has 28 heavy (non-hydrogen) atoms. The first-order chi connectivity index (χ1) is 12.8. The predicted molar refractivity (Wildman–Crippen MR) is 103 cm³/mol. The molecule has 2 rings (SSSR count). The first-order valence-electron chi connectivity index (χ1n) is 7.95. The lowest BCUT2D eigenvalue weighted by molar-refractivity contribution is -0.133. The summed E-state index contributed by atoms with van der Waals surface area (Å²) in [6, 6.07) is 5.74. The van der Waals surface area contributed by atoms with Crippen molar-refractivity contribution in [1.82, 2.24) is 0 Å². The summed E-state index contributed by atoms with van der Waals surface area (Å²) in [4.78, 5) is 13.8. The Morgan fingerprint density at radius 2 is 1.68 bits per heavy atom. The summed E-state index contributed by atoms with van der Waals surface area (Å²) in [7, 11) is -6.18. The van der Waals surface area contributed by atoms with Crippen LogP contribution >= 0.6 is 0 Å². The summed E-state index contributed by atoms with van der Waals surface area (Å²) >= 11 is 0. The Bertz CT molecular complexity index is 1010. The maximum absolute atomic E-state index is 12.5. The number of β-lactam (4-membered cyclic amide) rings is 1. The molecule has 1 amide bonds. The number of methoxy groups -OCH3 is 1. The van der Waals surface area contributed by atoms with Crippen molar-refractivity contribution in [1.29, 1.82) is 0 Å². The molecule has 154 valence electrons. The van der Waals surface area contributed by atoms with Gasteiger partial charge in [0.25, 0.3) is 16.0 Å². The molecule has 9 nitrogen and oxygen atoms in total. The van der Waals surface area contributed by atoms with Crippen molar-refractivity contribution in [2.45, 2.75) is 19.1 Å². The Morgan fingerprint density at radius 1 is 1.11 bits per heavy atom. The minimum Gasteiger partial charge on any atom is -0.497 e. The van der Waals surface area contributed by atoms with Crippen LogP contribution in [0.25, 0.3) is 0 Å². The van der Waals surface area contributed by atoms with Crippen LogP contribution in [-0.4, -0.2) is 54.5 Å². The standard InChI is InChI=1S/C17H21NO8S2/c1-11(12(2)25-27(4,20)21)10-15-16(26-28(5,22)23)17(19)18(15)13-6-8-14(24-3)9-7-13/h6-10,15-16H,2H2,1,3-5H3/b11-10+/t15-,16+/m0/s1. The van der Waals surface area contributed by atoms with Crippen LogP contribution < -0.4 is 9.64 Å². The molecule has 0 N–H and O–H groups in total. The second-order valence-electron chi connectivity index (χ2n) is 6.18. The zero-order valence-electron chi connectivity index (χ0n) is 15.8. The largest absolute Gasteiger partial charge is 0.497 e. The topological polar surface area (TPSA) is 116 Å². The smallest absolute Gasteiger partial charge is 0.306 e. The third-order valence-electron chi connectivity index (χ3n) is 3.83. The molecule has 1 aromatic rings. The zero-order chi connectivity index (χ0) is 21.3. The van der Waals surface area contributed by atoms with E-state index in [0.717, 1.165) is 12.5 Å². The molecule has 1 saturated heterocycles. The van der Waals surface area contributed by atoms with Crippen LogP contribution in [0, 0.1) is 0 Å². The van der Waals surface area contributed by atoms with E-state index in [4.69, 9.17) is 13.1 Å². The van der Waals surface area contributed by atoms with E-state index >= 15 is 0 Å². The van der Waals surface area contributed by atoms with Gasteiger partial charge in [-0.25, -0.2) is 0 Å². The number of ether oxygens (including phenoxy) is 1. The molecule has 1 aliphatic rings. The van der Waals surface area contributed by atoms with E-state index in [2.05, 4.69) is 6.58 Å². The Hall–Kier alpha value is -2.37. The Morgan fingerprint density at radius 3 is 2.14 bits per heavy atom. The van der Waals surface area contributed by atoms with Crippen molar-refractivity contribution in [2.75, 3.05) is 24.5 Å². The van der Waals surface area contributed by atoms with Crippen molar-refractivity contribution in [2.24, 2.45) is 0 Å². The second kappa shape index (κ2) is 7.94. The first kappa shape index (κ1) is 21.9. The molecule has 1 aromatic carbocycles. The van der Waals surface area contributed by atoms with E-state index in [1.54, 1.807) is 24.3 Å². The van der Waals surface area contributed by atoms with E-state index in [0.29, 0.717) is 17.0 Å². The van der Waals surface area contributed by atoms with Gasteiger partial charge in [0.1, 0.15) is 11.5 Å². The number of anilines is 1. The number of allylic oxidation sites excluding steroid dienone is 1. The van der Waals surface area contributed by atoms with Gasteiger partial charge in [-0.2, -0.15) is 16.8 Å².